The van der Waals surface area contributed by atoms with Gasteiger partial charge >= 0.3 is 0 Å². The number of hydrogen-bond acceptors (Lipinski definition) is 2. The van der Waals surface area contributed by atoms with E-state index in [9.17, 15) is 4.79 Å². The molecular weight excluding hydrogens is 322 g/mol. The zero-order valence-electron chi connectivity index (χ0n) is 7.81. The van der Waals surface area contributed by atoms with Crippen molar-refractivity contribution >= 4 is 49.6 Å². The van der Waals surface area contributed by atoms with Crippen LogP contribution in [0.25, 0.3) is 10.9 Å². The summed E-state index contributed by atoms with van der Waals surface area (Å²) in [4.78, 5) is 15.7. The maximum absolute atomic E-state index is 11.5. The van der Waals surface area contributed by atoms with Gasteiger partial charge in [-0.1, -0.05) is 34.1 Å². The van der Waals surface area contributed by atoms with Crippen LogP contribution in [0.3, 0.4) is 0 Å². The number of carbonyl (C=O) groups is 1. The van der Waals surface area contributed by atoms with Crippen LogP contribution in [0.5, 0.6) is 0 Å². The van der Waals surface area contributed by atoms with E-state index in [2.05, 4.69) is 20.9 Å². The largest absolute Gasteiger partial charge is 0.293 e. The van der Waals surface area contributed by atoms with Crippen LogP contribution >= 0.6 is 32.9 Å². The van der Waals surface area contributed by atoms with E-state index >= 15 is 0 Å². The van der Waals surface area contributed by atoms with E-state index < -0.39 is 0 Å². The second kappa shape index (κ2) is 5.37. The summed E-state index contributed by atoms with van der Waals surface area (Å²) < 4.78 is 0. The Morgan fingerprint density at radius 3 is 2.73 bits per heavy atom. The first kappa shape index (κ1) is 12.3. The zero-order valence-corrected chi connectivity index (χ0v) is 11.1. The van der Waals surface area contributed by atoms with Gasteiger partial charge in [0.1, 0.15) is 0 Å². The second-order valence-electron chi connectivity index (χ2n) is 2.94. The number of hydrogen-bond donors (Lipinski definition) is 0. The van der Waals surface area contributed by atoms with E-state index in [1.807, 2.05) is 24.3 Å². The minimum Gasteiger partial charge on any atom is -0.293 e. The van der Waals surface area contributed by atoms with Gasteiger partial charge in [-0.15, -0.1) is 17.0 Å². The van der Waals surface area contributed by atoms with Gasteiger partial charge < -0.3 is 0 Å². The van der Waals surface area contributed by atoms with E-state index in [0.717, 1.165) is 10.9 Å². The maximum Gasteiger partial charge on any atom is 0.175 e. The van der Waals surface area contributed by atoms with Crippen LogP contribution in [0.15, 0.2) is 36.5 Å². The molecule has 0 atom stereocenters. The molecule has 0 bridgehead atoms. The molecule has 0 saturated carbocycles. The lowest BCUT2D eigenvalue weighted by Crippen LogP contribution is -2.01. The first-order chi connectivity index (χ1) is 6.83. The predicted molar refractivity (Wildman–Crippen MR) is 70.2 cm³/mol. The Balaban J connectivity index is 0.00000112. The molecule has 0 aliphatic heterocycles. The van der Waals surface area contributed by atoms with Gasteiger partial charge in [0.25, 0.3) is 0 Å². The van der Waals surface area contributed by atoms with Crippen molar-refractivity contribution in [2.24, 2.45) is 0 Å². The smallest absolute Gasteiger partial charge is 0.175 e. The first-order valence-electron chi connectivity index (χ1n) is 4.26. The topological polar surface area (TPSA) is 30.0 Å². The van der Waals surface area contributed by atoms with E-state index in [1.165, 1.54) is 0 Å². The van der Waals surface area contributed by atoms with E-state index in [0.29, 0.717) is 10.9 Å². The Kier molecular flexibility index (Phi) is 4.42. The van der Waals surface area contributed by atoms with Crippen molar-refractivity contribution in [1.82, 2.24) is 4.98 Å². The summed E-state index contributed by atoms with van der Waals surface area (Å²) in [5.74, 6) is 0.0642. The first-order valence-corrected chi connectivity index (χ1v) is 5.38. The molecule has 0 N–H and O–H groups in total. The number of rotatable bonds is 2. The van der Waals surface area contributed by atoms with Gasteiger partial charge in [0, 0.05) is 17.1 Å². The number of nitrogens with zero attached hydrogens (tertiary/aromatic N) is 1. The normalized spacial score (nSPS) is 9.67. The van der Waals surface area contributed by atoms with E-state index in [-0.39, 0.29) is 22.8 Å². The van der Waals surface area contributed by atoms with Crippen molar-refractivity contribution in [1.29, 1.82) is 0 Å². The van der Waals surface area contributed by atoms with Crippen LogP contribution in [0.1, 0.15) is 10.4 Å². The third-order valence-corrected chi connectivity index (χ3v) is 2.56. The van der Waals surface area contributed by atoms with E-state index in [4.69, 9.17) is 0 Å². The van der Waals surface area contributed by atoms with Gasteiger partial charge in [-0.2, -0.15) is 0 Å². The number of ketones is 1. The molecule has 15 heavy (non-hydrogen) atoms. The van der Waals surface area contributed by atoms with Crippen LogP contribution in [0.2, 0.25) is 0 Å². The highest BCUT2D eigenvalue weighted by Crippen LogP contribution is 2.16. The third-order valence-electron chi connectivity index (χ3n) is 2.05. The standard InChI is InChI=1S/C11H8BrNO.BrH/c12-7-10(14)9-5-1-3-8-4-2-6-13-11(8)9;/h1-6H,7H2;1H. The minimum atomic E-state index is 0. The Morgan fingerprint density at radius 1 is 1.27 bits per heavy atom. The summed E-state index contributed by atoms with van der Waals surface area (Å²) in [6.45, 7) is 0. The Morgan fingerprint density at radius 2 is 2.00 bits per heavy atom. The number of para-hydroxylation sites is 1. The monoisotopic (exact) mass is 329 g/mol. The number of alkyl halides is 1. The van der Waals surface area contributed by atoms with Crippen LogP contribution < -0.4 is 0 Å². The molecular formula is C11H9Br2NO. The molecule has 78 valence electrons. The fourth-order valence-electron chi connectivity index (χ4n) is 1.40. The van der Waals surface area contributed by atoms with Gasteiger partial charge in [0.2, 0.25) is 0 Å². The molecule has 1 aromatic carbocycles. The number of carbonyl (C=O) groups excluding carboxylic acids is 1. The number of Topliss-reactive ketones (excluding diaryl/α,β-unsaturated/α-hetero) is 1. The molecule has 1 aromatic heterocycles. The molecule has 2 nitrogen and oxygen atoms in total. The van der Waals surface area contributed by atoms with Crippen molar-refractivity contribution in [3.63, 3.8) is 0 Å². The highest BCUT2D eigenvalue weighted by atomic mass is 79.9. The Bertz CT molecular complexity index is 479. The molecule has 0 saturated heterocycles. The molecule has 0 aliphatic carbocycles. The highest BCUT2D eigenvalue weighted by molar-refractivity contribution is 9.09. The summed E-state index contributed by atoms with van der Waals surface area (Å²) in [7, 11) is 0. The van der Waals surface area contributed by atoms with Crippen molar-refractivity contribution in [3.05, 3.63) is 42.1 Å². The lowest BCUT2D eigenvalue weighted by Gasteiger charge is -2.01. The molecule has 2 aromatic rings. The second-order valence-corrected chi connectivity index (χ2v) is 3.50. The van der Waals surface area contributed by atoms with Crippen LogP contribution in [-0.4, -0.2) is 16.1 Å². The zero-order chi connectivity index (χ0) is 9.97. The van der Waals surface area contributed by atoms with Gasteiger partial charge in [0.15, 0.2) is 5.78 Å². The number of halogens is 2. The number of benzene rings is 1. The van der Waals surface area contributed by atoms with Crippen molar-refractivity contribution < 1.29 is 4.79 Å². The number of aromatic nitrogens is 1. The lowest BCUT2D eigenvalue weighted by atomic mass is 10.1. The number of pyridine rings is 1. The van der Waals surface area contributed by atoms with Gasteiger partial charge in [-0.05, 0) is 12.1 Å². The highest BCUT2D eigenvalue weighted by Gasteiger charge is 2.08. The molecule has 1 heterocycles. The quantitative estimate of drug-likeness (QED) is 0.624. The summed E-state index contributed by atoms with van der Waals surface area (Å²) in [6.07, 6.45) is 1.70. The molecule has 0 radical (unpaired) electrons. The Hall–Kier alpha value is -0.740. The van der Waals surface area contributed by atoms with Gasteiger partial charge in [-0.3, -0.25) is 9.78 Å². The average Bonchev–Trinajstić information content (AvgIpc) is 2.27. The number of fused-ring (bicyclic) bond motifs is 1. The van der Waals surface area contributed by atoms with Crippen molar-refractivity contribution in [2.75, 3.05) is 5.33 Å². The predicted octanol–water partition coefficient (Wildman–Crippen LogP) is 3.39. The molecule has 2 rings (SSSR count). The summed E-state index contributed by atoms with van der Waals surface area (Å²) in [5.41, 5.74) is 1.46. The van der Waals surface area contributed by atoms with Crippen molar-refractivity contribution in [2.45, 2.75) is 0 Å². The van der Waals surface area contributed by atoms with Gasteiger partial charge in [0.05, 0.1) is 10.8 Å². The van der Waals surface area contributed by atoms with E-state index in [1.54, 1.807) is 12.3 Å². The molecule has 0 aliphatic rings. The summed E-state index contributed by atoms with van der Waals surface area (Å²) in [6, 6.07) is 9.45. The molecule has 0 unspecified atom stereocenters. The summed E-state index contributed by atoms with van der Waals surface area (Å²) >= 11 is 3.16. The summed E-state index contributed by atoms with van der Waals surface area (Å²) in [5, 5.41) is 1.34. The van der Waals surface area contributed by atoms with Crippen LogP contribution in [-0.2, 0) is 0 Å². The third kappa shape index (κ3) is 2.44. The lowest BCUT2D eigenvalue weighted by molar-refractivity contribution is 0.102. The Labute approximate surface area is 107 Å². The van der Waals surface area contributed by atoms with Crippen LogP contribution in [0, 0.1) is 0 Å². The molecule has 0 fully saturated rings. The van der Waals surface area contributed by atoms with Gasteiger partial charge in [-0.25, -0.2) is 0 Å². The maximum atomic E-state index is 11.5. The van der Waals surface area contributed by atoms with Crippen molar-refractivity contribution in [3.8, 4) is 0 Å². The fourth-order valence-corrected chi connectivity index (χ4v) is 1.70. The van der Waals surface area contributed by atoms with Crippen LogP contribution in [0.4, 0.5) is 0 Å². The molecule has 0 spiro atoms. The minimum absolute atomic E-state index is 0. The SMILES string of the molecule is Br.O=C(CBr)c1cccc2cccnc12. The average molecular weight is 331 g/mol. The fraction of sp³-hybridized carbons (Fsp3) is 0.0909. The molecule has 4 heteroatoms. The molecule has 0 amide bonds.